The highest BCUT2D eigenvalue weighted by Crippen LogP contribution is 2.42. The van der Waals surface area contributed by atoms with Crippen LogP contribution in [0.2, 0.25) is 0 Å². The Labute approximate surface area is 94.9 Å². The van der Waals surface area contributed by atoms with E-state index >= 15 is 0 Å². The Balaban J connectivity index is 3.54. The van der Waals surface area contributed by atoms with Gasteiger partial charge in [-0.3, -0.25) is 0 Å². The van der Waals surface area contributed by atoms with Crippen LogP contribution < -0.4 is 0 Å². The van der Waals surface area contributed by atoms with E-state index in [9.17, 15) is 14.6 Å². The zero-order valence-corrected chi connectivity index (χ0v) is 9.76. The van der Waals surface area contributed by atoms with Gasteiger partial charge in [0.25, 0.3) is 0 Å². The topological polar surface area (TPSA) is 64.2 Å². The molecular weight excluding hydrogens is 265 g/mol. The average molecular weight is 274 g/mol. The summed E-state index contributed by atoms with van der Waals surface area (Å²) < 4.78 is 13.0. The van der Waals surface area contributed by atoms with Crippen molar-refractivity contribution in [1.29, 1.82) is 5.26 Å². The number of phenolic OH excluding ortho intramolecular Hbond substituents is 2. The van der Waals surface area contributed by atoms with Crippen molar-refractivity contribution < 1.29 is 14.6 Å². The first-order chi connectivity index (χ1) is 6.81. The molecule has 0 spiro atoms. The molecule has 0 atom stereocenters. The van der Waals surface area contributed by atoms with Gasteiger partial charge in [-0.05, 0) is 35.8 Å². The van der Waals surface area contributed by atoms with E-state index in [1.807, 2.05) is 6.07 Å². The maximum Gasteiger partial charge on any atom is 0.169 e. The van der Waals surface area contributed by atoms with E-state index in [0.717, 1.165) is 6.07 Å². The van der Waals surface area contributed by atoms with Gasteiger partial charge >= 0.3 is 0 Å². The molecule has 0 aromatic heterocycles. The molecule has 1 aromatic rings. The van der Waals surface area contributed by atoms with Crippen LogP contribution in [-0.4, -0.2) is 10.2 Å². The molecule has 0 bridgehead atoms. The van der Waals surface area contributed by atoms with Crippen LogP contribution in [0.3, 0.4) is 0 Å². The first-order valence-electron chi connectivity index (χ1n) is 4.13. The molecule has 0 saturated carbocycles. The van der Waals surface area contributed by atoms with Crippen molar-refractivity contribution in [1.82, 2.24) is 0 Å². The third-order valence-electron chi connectivity index (χ3n) is 2.12. The predicted octanol–water partition coefficient (Wildman–Crippen LogP) is 2.80. The van der Waals surface area contributed by atoms with Crippen LogP contribution in [0.1, 0.15) is 19.4 Å². The molecule has 2 N–H and O–H groups in total. The Hall–Kier alpha value is -1.28. The summed E-state index contributed by atoms with van der Waals surface area (Å²) in [6, 6.07) is 2.90. The van der Waals surface area contributed by atoms with Crippen LogP contribution >= 0.6 is 15.9 Å². The SMILES string of the molecule is CC(C)(C#N)c1cc(F)c(O)c(Br)c1O. The number of nitrogens with zero attached hydrogens (tertiary/aromatic N) is 1. The van der Waals surface area contributed by atoms with Crippen LogP contribution in [0.4, 0.5) is 4.39 Å². The van der Waals surface area contributed by atoms with Gasteiger partial charge < -0.3 is 10.2 Å². The largest absolute Gasteiger partial charge is 0.506 e. The molecule has 0 fully saturated rings. The lowest BCUT2D eigenvalue weighted by atomic mass is 9.85. The molecule has 0 unspecified atom stereocenters. The van der Waals surface area contributed by atoms with Crippen molar-refractivity contribution >= 4 is 15.9 Å². The molecule has 15 heavy (non-hydrogen) atoms. The van der Waals surface area contributed by atoms with Crippen LogP contribution in [-0.2, 0) is 5.41 Å². The third-order valence-corrected chi connectivity index (χ3v) is 2.87. The number of benzene rings is 1. The quantitative estimate of drug-likeness (QED) is 0.827. The normalized spacial score (nSPS) is 11.1. The molecule has 0 amide bonds. The number of hydrogen-bond donors (Lipinski definition) is 2. The van der Waals surface area contributed by atoms with E-state index in [0.29, 0.717) is 0 Å². The number of aromatic hydroxyl groups is 2. The van der Waals surface area contributed by atoms with E-state index in [1.54, 1.807) is 13.8 Å². The molecule has 0 heterocycles. The summed E-state index contributed by atoms with van der Waals surface area (Å²) in [7, 11) is 0. The monoisotopic (exact) mass is 273 g/mol. The molecule has 1 aromatic carbocycles. The summed E-state index contributed by atoms with van der Waals surface area (Å²) in [6.45, 7) is 3.09. The van der Waals surface area contributed by atoms with Gasteiger partial charge in [0, 0.05) is 5.56 Å². The van der Waals surface area contributed by atoms with Crippen LogP contribution in [0.15, 0.2) is 10.5 Å². The van der Waals surface area contributed by atoms with E-state index in [1.165, 1.54) is 0 Å². The standard InChI is InChI=1S/C10H9BrFNO2/c1-10(2,4-13)5-3-6(12)9(15)7(11)8(5)14/h3,14-15H,1-2H3. The van der Waals surface area contributed by atoms with Crippen molar-refractivity contribution in [3.8, 4) is 17.6 Å². The lowest BCUT2D eigenvalue weighted by Crippen LogP contribution is -2.14. The molecule has 80 valence electrons. The molecule has 0 radical (unpaired) electrons. The molecule has 3 nitrogen and oxygen atoms in total. The van der Waals surface area contributed by atoms with Crippen LogP contribution in [0, 0.1) is 17.1 Å². The lowest BCUT2D eigenvalue weighted by Gasteiger charge is -2.18. The maximum absolute atomic E-state index is 13.2. The Bertz CT molecular complexity index is 452. The number of rotatable bonds is 1. The van der Waals surface area contributed by atoms with Crippen LogP contribution in [0.5, 0.6) is 11.5 Å². The second-order valence-corrected chi connectivity index (χ2v) is 4.45. The molecular formula is C10H9BrFNO2. The van der Waals surface area contributed by atoms with Gasteiger partial charge in [-0.1, -0.05) is 0 Å². The zero-order valence-electron chi connectivity index (χ0n) is 8.17. The average Bonchev–Trinajstić information content (AvgIpc) is 2.20. The molecule has 0 aliphatic heterocycles. The van der Waals surface area contributed by atoms with Gasteiger partial charge in [0.05, 0.1) is 11.5 Å². The molecule has 5 heteroatoms. The number of phenols is 2. The smallest absolute Gasteiger partial charge is 0.169 e. The first kappa shape index (κ1) is 11.8. The Morgan fingerprint density at radius 3 is 2.40 bits per heavy atom. The van der Waals surface area contributed by atoms with E-state index in [4.69, 9.17) is 5.26 Å². The number of halogens is 2. The van der Waals surface area contributed by atoms with Gasteiger partial charge in [-0.15, -0.1) is 0 Å². The third kappa shape index (κ3) is 1.90. The van der Waals surface area contributed by atoms with E-state index in [-0.39, 0.29) is 15.8 Å². The van der Waals surface area contributed by atoms with Crippen molar-refractivity contribution in [2.45, 2.75) is 19.3 Å². The fourth-order valence-corrected chi connectivity index (χ4v) is 1.54. The summed E-state index contributed by atoms with van der Waals surface area (Å²) in [5, 5.41) is 27.7. The van der Waals surface area contributed by atoms with Crippen molar-refractivity contribution in [2.75, 3.05) is 0 Å². The Kier molecular flexibility index (Phi) is 2.91. The number of nitriles is 1. The Morgan fingerprint density at radius 2 is 1.93 bits per heavy atom. The zero-order chi connectivity index (χ0) is 11.8. The van der Waals surface area contributed by atoms with E-state index in [2.05, 4.69) is 15.9 Å². The minimum Gasteiger partial charge on any atom is -0.506 e. The van der Waals surface area contributed by atoms with Gasteiger partial charge in [0.15, 0.2) is 11.6 Å². The highest BCUT2D eigenvalue weighted by molar-refractivity contribution is 9.10. The lowest BCUT2D eigenvalue weighted by molar-refractivity contribution is 0.405. The molecule has 1 rings (SSSR count). The Morgan fingerprint density at radius 1 is 1.40 bits per heavy atom. The summed E-state index contributed by atoms with van der Waals surface area (Å²) in [5.41, 5.74) is -0.895. The van der Waals surface area contributed by atoms with Gasteiger partial charge in [-0.2, -0.15) is 5.26 Å². The summed E-state index contributed by atoms with van der Waals surface area (Å²) in [4.78, 5) is 0. The van der Waals surface area contributed by atoms with E-state index < -0.39 is 17.0 Å². The van der Waals surface area contributed by atoms with Crippen molar-refractivity contribution in [2.24, 2.45) is 0 Å². The summed E-state index contributed by atoms with van der Waals surface area (Å²) >= 11 is 2.85. The second-order valence-electron chi connectivity index (χ2n) is 3.65. The highest BCUT2D eigenvalue weighted by atomic mass is 79.9. The van der Waals surface area contributed by atoms with Gasteiger partial charge in [0.1, 0.15) is 10.2 Å². The predicted molar refractivity (Wildman–Crippen MR) is 56.1 cm³/mol. The number of hydrogen-bond acceptors (Lipinski definition) is 3. The fraction of sp³-hybridized carbons (Fsp3) is 0.300. The maximum atomic E-state index is 13.2. The first-order valence-corrected chi connectivity index (χ1v) is 4.92. The molecule has 0 aliphatic carbocycles. The second kappa shape index (κ2) is 3.70. The molecule has 0 aliphatic rings. The molecule has 0 saturated heterocycles. The summed E-state index contributed by atoms with van der Waals surface area (Å²) in [6.07, 6.45) is 0. The van der Waals surface area contributed by atoms with Crippen molar-refractivity contribution in [3.63, 3.8) is 0 Å². The van der Waals surface area contributed by atoms with Gasteiger partial charge in [-0.25, -0.2) is 4.39 Å². The van der Waals surface area contributed by atoms with Gasteiger partial charge in [0.2, 0.25) is 0 Å². The summed E-state index contributed by atoms with van der Waals surface area (Å²) in [5.74, 6) is -1.86. The minimum atomic E-state index is -1.03. The highest BCUT2D eigenvalue weighted by Gasteiger charge is 2.27. The fourth-order valence-electron chi connectivity index (χ4n) is 1.14. The van der Waals surface area contributed by atoms with Crippen molar-refractivity contribution in [3.05, 3.63) is 21.9 Å². The minimum absolute atomic E-state index is 0.132. The van der Waals surface area contributed by atoms with Crippen LogP contribution in [0.25, 0.3) is 0 Å².